The zero-order valence-electron chi connectivity index (χ0n) is 9.93. The Bertz CT molecular complexity index is 299. The predicted molar refractivity (Wildman–Crippen MR) is 67.6 cm³/mol. The van der Waals surface area contributed by atoms with E-state index in [1.165, 1.54) is 25.7 Å². The van der Waals surface area contributed by atoms with Gasteiger partial charge in [0.25, 0.3) is 0 Å². The second-order valence-corrected chi connectivity index (χ2v) is 5.70. The minimum Gasteiger partial charge on any atom is -0.393 e. The summed E-state index contributed by atoms with van der Waals surface area (Å²) in [5.41, 5.74) is 3.04. The van der Waals surface area contributed by atoms with Gasteiger partial charge in [-0.25, -0.2) is 4.98 Å². The van der Waals surface area contributed by atoms with Gasteiger partial charge in [-0.1, -0.05) is 19.8 Å². The Kier molecular flexibility index (Phi) is 4.36. The highest BCUT2D eigenvalue weighted by Crippen LogP contribution is 2.34. The van der Waals surface area contributed by atoms with Crippen molar-refractivity contribution in [1.82, 2.24) is 4.98 Å². The number of aromatic nitrogens is 1. The van der Waals surface area contributed by atoms with Crippen LogP contribution < -0.4 is 0 Å². The quantitative estimate of drug-likeness (QED) is 0.875. The summed E-state index contributed by atoms with van der Waals surface area (Å²) >= 11 is 1.65. The molecule has 3 unspecified atom stereocenters. The molecule has 2 nitrogen and oxygen atoms in total. The van der Waals surface area contributed by atoms with Crippen LogP contribution in [0.2, 0.25) is 0 Å². The fourth-order valence-electron chi connectivity index (χ4n) is 2.84. The summed E-state index contributed by atoms with van der Waals surface area (Å²) in [7, 11) is 0. The van der Waals surface area contributed by atoms with Crippen molar-refractivity contribution in [2.45, 2.75) is 51.6 Å². The maximum absolute atomic E-state index is 10.0. The van der Waals surface area contributed by atoms with Crippen LogP contribution in [0, 0.1) is 11.8 Å². The molecule has 0 aromatic carbocycles. The lowest BCUT2D eigenvalue weighted by molar-refractivity contribution is 0.0459. The van der Waals surface area contributed by atoms with Crippen LogP contribution in [0.1, 0.15) is 44.7 Å². The van der Waals surface area contributed by atoms with E-state index in [1.54, 1.807) is 11.3 Å². The maximum atomic E-state index is 10.0. The van der Waals surface area contributed by atoms with Crippen molar-refractivity contribution in [3.8, 4) is 0 Å². The van der Waals surface area contributed by atoms with Crippen molar-refractivity contribution < 1.29 is 5.11 Å². The van der Waals surface area contributed by atoms with Crippen molar-refractivity contribution in [2.75, 3.05) is 0 Å². The average Bonchev–Trinajstić information content (AvgIpc) is 2.76. The van der Waals surface area contributed by atoms with Gasteiger partial charge in [-0.2, -0.15) is 0 Å². The Hall–Kier alpha value is -0.410. The van der Waals surface area contributed by atoms with Crippen molar-refractivity contribution in [3.05, 3.63) is 16.6 Å². The number of rotatable bonds is 4. The van der Waals surface area contributed by atoms with E-state index < -0.39 is 0 Å². The molecule has 0 amide bonds. The molecule has 1 saturated carbocycles. The monoisotopic (exact) mass is 239 g/mol. The zero-order valence-corrected chi connectivity index (χ0v) is 10.7. The van der Waals surface area contributed by atoms with E-state index in [4.69, 9.17) is 0 Å². The first kappa shape index (κ1) is 12.1. The molecular weight excluding hydrogens is 218 g/mol. The molecule has 1 aromatic rings. The van der Waals surface area contributed by atoms with Crippen LogP contribution in [-0.4, -0.2) is 16.2 Å². The number of hydrogen-bond acceptors (Lipinski definition) is 3. The van der Waals surface area contributed by atoms with Crippen LogP contribution in [0.15, 0.2) is 10.9 Å². The fourth-order valence-corrected chi connectivity index (χ4v) is 3.41. The van der Waals surface area contributed by atoms with E-state index in [1.807, 2.05) is 5.51 Å². The molecule has 90 valence electrons. The first-order valence-electron chi connectivity index (χ1n) is 6.34. The summed E-state index contributed by atoms with van der Waals surface area (Å²) < 4.78 is 0. The van der Waals surface area contributed by atoms with E-state index in [2.05, 4.69) is 17.3 Å². The summed E-state index contributed by atoms with van der Waals surface area (Å²) in [5, 5.41) is 12.1. The van der Waals surface area contributed by atoms with E-state index in [0.29, 0.717) is 5.92 Å². The van der Waals surface area contributed by atoms with Crippen molar-refractivity contribution in [3.63, 3.8) is 0 Å². The molecule has 1 N–H and O–H groups in total. The number of aliphatic hydroxyl groups is 1. The summed E-state index contributed by atoms with van der Waals surface area (Å²) in [4.78, 5) is 4.32. The van der Waals surface area contributed by atoms with Crippen LogP contribution in [0.3, 0.4) is 0 Å². The van der Waals surface area contributed by atoms with E-state index in [9.17, 15) is 5.11 Å². The largest absolute Gasteiger partial charge is 0.393 e. The van der Waals surface area contributed by atoms with Crippen LogP contribution in [0.5, 0.6) is 0 Å². The molecule has 1 aliphatic rings. The first-order valence-corrected chi connectivity index (χ1v) is 7.29. The zero-order chi connectivity index (χ0) is 11.4. The molecule has 0 aliphatic heterocycles. The lowest BCUT2D eigenvalue weighted by Gasteiger charge is -2.33. The lowest BCUT2D eigenvalue weighted by Crippen LogP contribution is -2.30. The third kappa shape index (κ3) is 3.05. The molecule has 1 aromatic heterocycles. The topological polar surface area (TPSA) is 33.1 Å². The SMILES string of the molecule is CCCC1CCC(O)C(Cc2cscn2)C1. The normalized spacial score (nSPS) is 30.5. The van der Waals surface area contributed by atoms with Gasteiger partial charge in [0.1, 0.15) is 0 Å². The summed E-state index contributed by atoms with van der Waals surface area (Å²) in [5.74, 6) is 1.27. The number of hydrogen-bond donors (Lipinski definition) is 1. The summed E-state index contributed by atoms with van der Waals surface area (Å²) in [6, 6.07) is 0. The van der Waals surface area contributed by atoms with Crippen LogP contribution in [0.25, 0.3) is 0 Å². The molecule has 1 aliphatic carbocycles. The lowest BCUT2D eigenvalue weighted by atomic mass is 9.76. The molecule has 3 heteroatoms. The Labute approximate surface area is 102 Å². The van der Waals surface area contributed by atoms with Crippen molar-refractivity contribution in [1.29, 1.82) is 0 Å². The Balaban J connectivity index is 1.91. The third-order valence-corrected chi connectivity index (χ3v) is 4.34. The highest BCUT2D eigenvalue weighted by molar-refractivity contribution is 7.07. The van der Waals surface area contributed by atoms with Gasteiger partial charge in [-0.05, 0) is 37.5 Å². The number of thiazole rings is 1. The molecule has 16 heavy (non-hydrogen) atoms. The summed E-state index contributed by atoms with van der Waals surface area (Å²) in [6.45, 7) is 2.25. The minimum atomic E-state index is -0.102. The van der Waals surface area contributed by atoms with E-state index in [-0.39, 0.29) is 6.10 Å². The molecule has 1 heterocycles. The smallest absolute Gasteiger partial charge is 0.0794 e. The van der Waals surface area contributed by atoms with Crippen molar-refractivity contribution in [2.24, 2.45) is 11.8 Å². The highest BCUT2D eigenvalue weighted by atomic mass is 32.1. The second-order valence-electron chi connectivity index (χ2n) is 4.98. The Morgan fingerprint density at radius 1 is 1.50 bits per heavy atom. The maximum Gasteiger partial charge on any atom is 0.0794 e. The third-order valence-electron chi connectivity index (χ3n) is 3.70. The van der Waals surface area contributed by atoms with Gasteiger partial charge in [0, 0.05) is 5.38 Å². The van der Waals surface area contributed by atoms with Gasteiger partial charge in [-0.15, -0.1) is 11.3 Å². The highest BCUT2D eigenvalue weighted by Gasteiger charge is 2.29. The predicted octanol–water partition coefficient (Wildman–Crippen LogP) is 3.26. The Morgan fingerprint density at radius 3 is 3.06 bits per heavy atom. The molecule has 3 atom stereocenters. The number of nitrogens with zero attached hydrogens (tertiary/aromatic N) is 1. The molecule has 1 fully saturated rings. The van der Waals surface area contributed by atoms with Gasteiger partial charge in [0.2, 0.25) is 0 Å². The molecule has 0 radical (unpaired) electrons. The summed E-state index contributed by atoms with van der Waals surface area (Å²) in [6.07, 6.45) is 6.83. The van der Waals surface area contributed by atoms with Gasteiger partial charge < -0.3 is 5.11 Å². The Morgan fingerprint density at radius 2 is 2.38 bits per heavy atom. The first-order chi connectivity index (χ1) is 7.79. The molecule has 0 spiro atoms. The van der Waals surface area contributed by atoms with Gasteiger partial charge in [-0.3, -0.25) is 0 Å². The molecule has 0 saturated heterocycles. The average molecular weight is 239 g/mol. The van der Waals surface area contributed by atoms with E-state index >= 15 is 0 Å². The van der Waals surface area contributed by atoms with E-state index in [0.717, 1.165) is 24.5 Å². The standard InChI is InChI=1S/C13H21NOS/c1-2-3-10-4-5-13(15)11(6-10)7-12-8-16-9-14-12/h8-11,13,15H,2-7H2,1H3. The van der Waals surface area contributed by atoms with Crippen LogP contribution in [-0.2, 0) is 6.42 Å². The van der Waals surface area contributed by atoms with Crippen molar-refractivity contribution >= 4 is 11.3 Å². The van der Waals surface area contributed by atoms with Crippen LogP contribution >= 0.6 is 11.3 Å². The molecular formula is C13H21NOS. The second kappa shape index (κ2) is 5.78. The molecule has 2 rings (SSSR count). The molecule has 0 bridgehead atoms. The van der Waals surface area contributed by atoms with Gasteiger partial charge in [0.05, 0.1) is 17.3 Å². The van der Waals surface area contributed by atoms with Gasteiger partial charge in [0.15, 0.2) is 0 Å². The van der Waals surface area contributed by atoms with Crippen LogP contribution in [0.4, 0.5) is 0 Å². The number of aliphatic hydroxyl groups excluding tert-OH is 1. The minimum absolute atomic E-state index is 0.102. The van der Waals surface area contributed by atoms with Gasteiger partial charge >= 0.3 is 0 Å². The fraction of sp³-hybridized carbons (Fsp3) is 0.769.